The Hall–Kier alpha value is -4.76. The zero-order valence-corrected chi connectivity index (χ0v) is 20.2. The van der Waals surface area contributed by atoms with Crippen LogP contribution in [0.4, 0.5) is 5.69 Å². The van der Waals surface area contributed by atoms with Gasteiger partial charge in [0.15, 0.2) is 18.1 Å². The Balaban J connectivity index is 1.51. The highest BCUT2D eigenvalue weighted by molar-refractivity contribution is 6.01. The number of nitrogens with one attached hydrogen (secondary N) is 1. The first-order valence-electron chi connectivity index (χ1n) is 11.6. The highest BCUT2D eigenvalue weighted by Crippen LogP contribution is 2.31. The van der Waals surface area contributed by atoms with Gasteiger partial charge >= 0.3 is 0 Å². The fourth-order valence-electron chi connectivity index (χ4n) is 3.87. The minimum absolute atomic E-state index is 0.203. The number of fused-ring (bicyclic) bond motifs is 1. The van der Waals surface area contributed by atoms with E-state index in [0.29, 0.717) is 35.1 Å². The zero-order valence-electron chi connectivity index (χ0n) is 20.2. The standard InChI is InChI=1S/C30H26N2O4/c1-3-35-27-14-7-6-13-26(27)32-30(33)20-36-28-16-15-21(18-29(28)34-2)17-23(19-31)25-12-8-10-22-9-4-5-11-24(22)25/h4-18H,3,20H2,1-2H3,(H,32,33)/b23-17-. The second-order valence-electron chi connectivity index (χ2n) is 7.87. The van der Waals surface area contributed by atoms with Gasteiger partial charge in [0.05, 0.1) is 31.0 Å². The van der Waals surface area contributed by atoms with Gasteiger partial charge in [-0.25, -0.2) is 0 Å². The monoisotopic (exact) mass is 478 g/mol. The smallest absolute Gasteiger partial charge is 0.262 e. The number of hydrogen-bond acceptors (Lipinski definition) is 5. The van der Waals surface area contributed by atoms with Crippen LogP contribution in [0.25, 0.3) is 22.4 Å². The molecule has 36 heavy (non-hydrogen) atoms. The van der Waals surface area contributed by atoms with E-state index in [1.54, 1.807) is 24.3 Å². The van der Waals surface area contributed by atoms with Crippen LogP contribution in [0.5, 0.6) is 17.2 Å². The van der Waals surface area contributed by atoms with Gasteiger partial charge in [-0.1, -0.05) is 60.7 Å². The van der Waals surface area contributed by atoms with Crippen molar-refractivity contribution in [3.63, 3.8) is 0 Å². The summed E-state index contributed by atoms with van der Waals surface area (Å²) in [4.78, 5) is 12.5. The van der Waals surface area contributed by atoms with Crippen molar-refractivity contribution in [1.29, 1.82) is 5.26 Å². The van der Waals surface area contributed by atoms with E-state index in [2.05, 4.69) is 11.4 Å². The van der Waals surface area contributed by atoms with E-state index in [4.69, 9.17) is 14.2 Å². The van der Waals surface area contributed by atoms with Crippen molar-refractivity contribution in [2.24, 2.45) is 0 Å². The normalized spacial score (nSPS) is 11.0. The molecule has 1 N–H and O–H groups in total. The molecule has 0 saturated heterocycles. The highest BCUT2D eigenvalue weighted by atomic mass is 16.5. The average Bonchev–Trinajstić information content (AvgIpc) is 2.91. The molecule has 6 nitrogen and oxygen atoms in total. The minimum atomic E-state index is -0.323. The lowest BCUT2D eigenvalue weighted by atomic mass is 9.97. The number of carbonyl (C=O) groups excluding carboxylic acids is 1. The molecule has 0 bridgehead atoms. The summed E-state index contributed by atoms with van der Waals surface area (Å²) < 4.78 is 16.8. The van der Waals surface area contributed by atoms with Crippen molar-refractivity contribution in [3.8, 4) is 23.3 Å². The summed E-state index contributed by atoms with van der Waals surface area (Å²) in [6.45, 7) is 2.18. The Morgan fingerprint density at radius 2 is 1.69 bits per heavy atom. The topological polar surface area (TPSA) is 80.6 Å². The summed E-state index contributed by atoms with van der Waals surface area (Å²) in [5.74, 6) is 1.16. The number of carbonyl (C=O) groups is 1. The summed E-state index contributed by atoms with van der Waals surface area (Å²) >= 11 is 0. The van der Waals surface area contributed by atoms with Crippen LogP contribution in [0.3, 0.4) is 0 Å². The first-order valence-corrected chi connectivity index (χ1v) is 11.6. The van der Waals surface area contributed by atoms with Crippen molar-refractivity contribution in [2.45, 2.75) is 6.92 Å². The second-order valence-corrected chi connectivity index (χ2v) is 7.87. The number of anilines is 1. The molecule has 0 spiro atoms. The Bertz CT molecular complexity index is 1450. The molecule has 0 unspecified atom stereocenters. The number of hydrogen-bond donors (Lipinski definition) is 1. The molecule has 0 aliphatic rings. The molecule has 0 aromatic heterocycles. The van der Waals surface area contributed by atoms with E-state index in [9.17, 15) is 10.1 Å². The lowest BCUT2D eigenvalue weighted by molar-refractivity contribution is -0.118. The summed E-state index contributed by atoms with van der Waals surface area (Å²) in [6.07, 6.45) is 1.81. The molecule has 0 saturated carbocycles. The number of nitrogens with zero attached hydrogens (tertiary/aromatic N) is 1. The van der Waals surface area contributed by atoms with Gasteiger partial charge in [-0.2, -0.15) is 5.26 Å². The van der Waals surface area contributed by atoms with Crippen LogP contribution in [-0.4, -0.2) is 26.2 Å². The highest BCUT2D eigenvalue weighted by Gasteiger charge is 2.12. The Kier molecular flexibility index (Phi) is 7.84. The molecule has 4 rings (SSSR count). The summed E-state index contributed by atoms with van der Waals surface area (Å²) in [6, 6.07) is 28.7. The zero-order chi connectivity index (χ0) is 25.3. The summed E-state index contributed by atoms with van der Waals surface area (Å²) in [5, 5.41) is 14.8. The van der Waals surface area contributed by atoms with Gasteiger partial charge in [-0.15, -0.1) is 0 Å². The van der Waals surface area contributed by atoms with Gasteiger partial charge < -0.3 is 19.5 Å². The third-order valence-electron chi connectivity index (χ3n) is 5.52. The molecular formula is C30H26N2O4. The molecule has 0 aliphatic heterocycles. The summed E-state index contributed by atoms with van der Waals surface area (Å²) in [5.41, 5.74) is 2.76. The van der Waals surface area contributed by atoms with E-state index in [1.165, 1.54) is 7.11 Å². The lowest BCUT2D eigenvalue weighted by Gasteiger charge is -2.13. The van der Waals surface area contributed by atoms with Crippen molar-refractivity contribution < 1.29 is 19.0 Å². The first-order chi connectivity index (χ1) is 17.6. The van der Waals surface area contributed by atoms with Crippen LogP contribution < -0.4 is 19.5 Å². The quantitative estimate of drug-likeness (QED) is 0.225. The van der Waals surface area contributed by atoms with Crippen LogP contribution in [0.1, 0.15) is 18.1 Å². The number of ether oxygens (including phenoxy) is 3. The third-order valence-corrected chi connectivity index (χ3v) is 5.52. The Morgan fingerprint density at radius 1 is 0.917 bits per heavy atom. The van der Waals surface area contributed by atoms with E-state index in [-0.39, 0.29) is 12.5 Å². The van der Waals surface area contributed by atoms with Gasteiger partial charge in [-0.05, 0) is 53.6 Å². The maximum Gasteiger partial charge on any atom is 0.262 e. The predicted molar refractivity (Wildman–Crippen MR) is 142 cm³/mol. The largest absolute Gasteiger partial charge is 0.493 e. The molecule has 0 atom stereocenters. The molecule has 0 fully saturated rings. The number of amides is 1. The fourth-order valence-corrected chi connectivity index (χ4v) is 3.87. The first kappa shape index (κ1) is 24.4. The van der Waals surface area contributed by atoms with Crippen LogP contribution in [-0.2, 0) is 4.79 Å². The van der Waals surface area contributed by atoms with Crippen LogP contribution in [0.15, 0.2) is 84.9 Å². The number of methoxy groups -OCH3 is 1. The molecule has 1 amide bonds. The van der Waals surface area contributed by atoms with Gasteiger partial charge in [-0.3, -0.25) is 4.79 Å². The Labute approximate surface area is 210 Å². The molecule has 0 aliphatic carbocycles. The SMILES string of the molecule is CCOc1ccccc1NC(=O)COc1ccc(/C=C(/C#N)c2cccc3ccccc23)cc1OC. The molecule has 0 radical (unpaired) electrons. The number of rotatable bonds is 9. The molecular weight excluding hydrogens is 452 g/mol. The molecule has 180 valence electrons. The van der Waals surface area contributed by atoms with Crippen molar-refractivity contribution in [3.05, 3.63) is 96.1 Å². The van der Waals surface area contributed by atoms with E-state index in [0.717, 1.165) is 21.9 Å². The van der Waals surface area contributed by atoms with Crippen molar-refractivity contribution in [1.82, 2.24) is 0 Å². The van der Waals surface area contributed by atoms with Gasteiger partial charge in [0.25, 0.3) is 5.91 Å². The third kappa shape index (κ3) is 5.65. The predicted octanol–water partition coefficient (Wildman–Crippen LogP) is 6.33. The van der Waals surface area contributed by atoms with Gasteiger partial charge in [0, 0.05) is 5.56 Å². The Morgan fingerprint density at radius 3 is 2.50 bits per heavy atom. The van der Waals surface area contributed by atoms with Crippen molar-refractivity contribution >= 4 is 34.0 Å². The molecule has 4 aromatic carbocycles. The van der Waals surface area contributed by atoms with Crippen LogP contribution in [0.2, 0.25) is 0 Å². The maximum atomic E-state index is 12.5. The maximum absolute atomic E-state index is 12.5. The van der Waals surface area contributed by atoms with Gasteiger partial charge in [0.2, 0.25) is 0 Å². The molecule has 6 heteroatoms. The van der Waals surface area contributed by atoms with Crippen LogP contribution in [0, 0.1) is 11.3 Å². The molecule has 4 aromatic rings. The fraction of sp³-hybridized carbons (Fsp3) is 0.133. The lowest BCUT2D eigenvalue weighted by Crippen LogP contribution is -2.20. The number of allylic oxidation sites excluding steroid dienone is 1. The second kappa shape index (κ2) is 11.6. The van der Waals surface area contributed by atoms with Crippen LogP contribution >= 0.6 is 0 Å². The number of para-hydroxylation sites is 2. The number of nitriles is 1. The molecule has 0 heterocycles. The van der Waals surface area contributed by atoms with E-state index >= 15 is 0 Å². The average molecular weight is 479 g/mol. The number of benzene rings is 4. The minimum Gasteiger partial charge on any atom is -0.493 e. The van der Waals surface area contributed by atoms with E-state index in [1.807, 2.05) is 73.7 Å². The van der Waals surface area contributed by atoms with Crippen molar-refractivity contribution in [2.75, 3.05) is 25.6 Å². The van der Waals surface area contributed by atoms with E-state index < -0.39 is 0 Å². The van der Waals surface area contributed by atoms with Gasteiger partial charge in [0.1, 0.15) is 5.75 Å². The summed E-state index contributed by atoms with van der Waals surface area (Å²) in [7, 11) is 1.53.